The van der Waals surface area contributed by atoms with E-state index in [4.69, 9.17) is 4.74 Å². The van der Waals surface area contributed by atoms with E-state index < -0.39 is 5.60 Å². The second kappa shape index (κ2) is 3.71. The maximum absolute atomic E-state index is 10.2. The Balaban J connectivity index is 2.05. The van der Waals surface area contributed by atoms with E-state index in [1.807, 2.05) is 17.8 Å². The largest absolute Gasteiger partial charge is 0.389 e. The summed E-state index contributed by atoms with van der Waals surface area (Å²) in [6.45, 7) is 1.31. The summed E-state index contributed by atoms with van der Waals surface area (Å²) in [5.74, 6) is 0.939. The first-order valence-corrected chi connectivity index (χ1v) is 4.96. The van der Waals surface area contributed by atoms with Crippen LogP contribution in [0.2, 0.25) is 0 Å². The molecule has 14 heavy (non-hydrogen) atoms. The lowest BCUT2D eigenvalue weighted by atomic mass is 9.90. The third-order valence-electron chi connectivity index (χ3n) is 2.83. The van der Waals surface area contributed by atoms with Gasteiger partial charge in [-0.25, -0.2) is 4.98 Å². The lowest BCUT2D eigenvalue weighted by Crippen LogP contribution is -2.38. The van der Waals surface area contributed by atoms with Crippen molar-refractivity contribution in [1.29, 1.82) is 0 Å². The Morgan fingerprint density at radius 3 is 2.86 bits per heavy atom. The predicted molar refractivity (Wildman–Crippen MR) is 51.9 cm³/mol. The van der Waals surface area contributed by atoms with Crippen molar-refractivity contribution in [1.82, 2.24) is 9.55 Å². The second-order valence-electron chi connectivity index (χ2n) is 3.97. The van der Waals surface area contributed by atoms with Gasteiger partial charge in [0, 0.05) is 51.9 Å². The molecule has 4 heteroatoms. The van der Waals surface area contributed by atoms with E-state index in [1.165, 1.54) is 0 Å². The van der Waals surface area contributed by atoms with Crippen LogP contribution in [-0.2, 0) is 18.2 Å². The molecule has 2 heterocycles. The molecular weight excluding hydrogens is 180 g/mol. The molecule has 0 aliphatic carbocycles. The van der Waals surface area contributed by atoms with E-state index in [0.29, 0.717) is 32.5 Å². The van der Waals surface area contributed by atoms with Crippen LogP contribution in [0.3, 0.4) is 0 Å². The van der Waals surface area contributed by atoms with Gasteiger partial charge in [0.25, 0.3) is 0 Å². The number of nitrogens with zero attached hydrogens (tertiary/aromatic N) is 2. The molecule has 0 radical (unpaired) electrons. The van der Waals surface area contributed by atoms with Crippen molar-refractivity contribution >= 4 is 0 Å². The smallest absolute Gasteiger partial charge is 0.111 e. The molecule has 2 rings (SSSR count). The van der Waals surface area contributed by atoms with Gasteiger partial charge in [0.05, 0.1) is 5.60 Å². The lowest BCUT2D eigenvalue weighted by Gasteiger charge is -2.31. The highest BCUT2D eigenvalue weighted by Gasteiger charge is 2.31. The molecule has 1 N–H and O–H groups in total. The summed E-state index contributed by atoms with van der Waals surface area (Å²) in [5, 5.41) is 10.2. The van der Waals surface area contributed by atoms with E-state index in [2.05, 4.69) is 4.98 Å². The summed E-state index contributed by atoms with van der Waals surface area (Å²) < 4.78 is 7.18. The molecular formula is C10H16N2O2. The molecule has 0 aromatic carbocycles. The minimum absolute atomic E-state index is 0.614. The van der Waals surface area contributed by atoms with Crippen LogP contribution >= 0.6 is 0 Å². The van der Waals surface area contributed by atoms with Gasteiger partial charge in [-0.15, -0.1) is 0 Å². The molecule has 0 spiro atoms. The number of aryl methyl sites for hydroxylation is 1. The molecule has 1 aromatic rings. The number of rotatable bonds is 2. The Morgan fingerprint density at radius 1 is 1.57 bits per heavy atom. The standard InChI is InChI=1S/C10H16N2O2/c1-12-5-4-11-9(12)8-10(13)2-6-14-7-3-10/h4-5,13H,2-3,6-8H2,1H3. The molecule has 4 nitrogen and oxygen atoms in total. The molecule has 1 aliphatic rings. The third-order valence-corrected chi connectivity index (χ3v) is 2.83. The van der Waals surface area contributed by atoms with Gasteiger partial charge in [0.1, 0.15) is 5.82 Å². The topological polar surface area (TPSA) is 47.3 Å². The molecule has 0 amide bonds. The van der Waals surface area contributed by atoms with E-state index in [-0.39, 0.29) is 0 Å². The Hall–Kier alpha value is -0.870. The minimum Gasteiger partial charge on any atom is -0.389 e. The highest BCUT2D eigenvalue weighted by atomic mass is 16.5. The number of aliphatic hydroxyl groups is 1. The summed E-state index contributed by atoms with van der Waals surface area (Å²) in [4.78, 5) is 4.22. The zero-order valence-corrected chi connectivity index (χ0v) is 8.44. The number of ether oxygens (including phenoxy) is 1. The van der Waals surface area contributed by atoms with Crippen LogP contribution in [0.15, 0.2) is 12.4 Å². The Bertz CT molecular complexity index is 303. The first kappa shape index (κ1) is 9.68. The van der Waals surface area contributed by atoms with E-state index in [0.717, 1.165) is 5.82 Å². The second-order valence-corrected chi connectivity index (χ2v) is 3.97. The molecule has 0 atom stereocenters. The van der Waals surface area contributed by atoms with E-state index in [1.54, 1.807) is 6.20 Å². The first-order valence-electron chi connectivity index (χ1n) is 4.96. The summed E-state index contributed by atoms with van der Waals surface area (Å²) in [7, 11) is 1.95. The van der Waals surface area contributed by atoms with Crippen LogP contribution in [0.4, 0.5) is 0 Å². The zero-order chi connectivity index (χ0) is 10.0. The molecule has 0 bridgehead atoms. The van der Waals surface area contributed by atoms with Gasteiger partial charge < -0.3 is 14.4 Å². The van der Waals surface area contributed by atoms with Crippen molar-refractivity contribution in [2.45, 2.75) is 24.9 Å². The average molecular weight is 196 g/mol. The van der Waals surface area contributed by atoms with Crippen LogP contribution in [0, 0.1) is 0 Å². The molecule has 1 aromatic heterocycles. The zero-order valence-electron chi connectivity index (χ0n) is 8.44. The SMILES string of the molecule is Cn1ccnc1CC1(O)CCOCC1. The quantitative estimate of drug-likeness (QED) is 0.749. The number of hydrogen-bond acceptors (Lipinski definition) is 3. The Kier molecular flexibility index (Phi) is 2.56. The maximum Gasteiger partial charge on any atom is 0.111 e. The summed E-state index contributed by atoms with van der Waals surface area (Å²) in [6.07, 6.45) is 5.70. The average Bonchev–Trinajstić information content (AvgIpc) is 2.52. The number of imidazole rings is 1. The van der Waals surface area contributed by atoms with Crippen molar-refractivity contribution in [3.8, 4) is 0 Å². The van der Waals surface area contributed by atoms with Crippen LogP contribution in [0.5, 0.6) is 0 Å². The molecule has 0 unspecified atom stereocenters. The summed E-state index contributed by atoms with van der Waals surface area (Å²) in [6, 6.07) is 0. The first-order chi connectivity index (χ1) is 6.70. The molecule has 1 saturated heterocycles. The molecule has 1 fully saturated rings. The summed E-state index contributed by atoms with van der Waals surface area (Å²) >= 11 is 0. The van der Waals surface area contributed by atoms with Gasteiger partial charge in [-0.2, -0.15) is 0 Å². The van der Waals surface area contributed by atoms with Crippen LogP contribution in [0.25, 0.3) is 0 Å². The highest BCUT2D eigenvalue weighted by molar-refractivity contribution is 4.98. The molecule has 1 aliphatic heterocycles. The van der Waals surface area contributed by atoms with Gasteiger partial charge in [-0.3, -0.25) is 0 Å². The van der Waals surface area contributed by atoms with Crippen LogP contribution in [-0.4, -0.2) is 33.5 Å². The van der Waals surface area contributed by atoms with Gasteiger partial charge in [0.15, 0.2) is 0 Å². The molecule has 78 valence electrons. The van der Waals surface area contributed by atoms with Crippen molar-refractivity contribution < 1.29 is 9.84 Å². The fourth-order valence-corrected chi connectivity index (χ4v) is 1.79. The highest BCUT2D eigenvalue weighted by Crippen LogP contribution is 2.24. The monoisotopic (exact) mass is 196 g/mol. The fourth-order valence-electron chi connectivity index (χ4n) is 1.79. The summed E-state index contributed by atoms with van der Waals surface area (Å²) in [5.41, 5.74) is -0.614. The normalized spacial score (nSPS) is 21.0. The van der Waals surface area contributed by atoms with Crippen molar-refractivity contribution in [3.05, 3.63) is 18.2 Å². The predicted octanol–water partition coefficient (Wildman–Crippen LogP) is 0.504. The number of aromatic nitrogens is 2. The lowest BCUT2D eigenvalue weighted by molar-refractivity contribution is -0.0639. The van der Waals surface area contributed by atoms with Gasteiger partial charge in [0.2, 0.25) is 0 Å². The number of hydrogen-bond donors (Lipinski definition) is 1. The Morgan fingerprint density at radius 2 is 2.29 bits per heavy atom. The van der Waals surface area contributed by atoms with Gasteiger partial charge >= 0.3 is 0 Å². The van der Waals surface area contributed by atoms with Crippen molar-refractivity contribution in [3.63, 3.8) is 0 Å². The van der Waals surface area contributed by atoms with Gasteiger partial charge in [-0.1, -0.05) is 0 Å². The fraction of sp³-hybridized carbons (Fsp3) is 0.700. The van der Waals surface area contributed by atoms with E-state index >= 15 is 0 Å². The Labute approximate surface area is 83.5 Å². The maximum atomic E-state index is 10.2. The van der Waals surface area contributed by atoms with Gasteiger partial charge in [-0.05, 0) is 0 Å². The third kappa shape index (κ3) is 1.96. The van der Waals surface area contributed by atoms with Crippen molar-refractivity contribution in [2.75, 3.05) is 13.2 Å². The van der Waals surface area contributed by atoms with E-state index in [9.17, 15) is 5.11 Å². The minimum atomic E-state index is -0.614. The van der Waals surface area contributed by atoms with Crippen LogP contribution < -0.4 is 0 Å². The van der Waals surface area contributed by atoms with Crippen LogP contribution in [0.1, 0.15) is 18.7 Å². The molecule has 0 saturated carbocycles. The van der Waals surface area contributed by atoms with Crippen molar-refractivity contribution in [2.24, 2.45) is 7.05 Å².